The van der Waals surface area contributed by atoms with E-state index in [1.165, 1.54) is 4.90 Å². The summed E-state index contributed by atoms with van der Waals surface area (Å²) < 4.78 is 6.14. The van der Waals surface area contributed by atoms with Gasteiger partial charge in [0.1, 0.15) is 12.4 Å². The third-order valence-electron chi connectivity index (χ3n) is 6.26. The maximum atomic E-state index is 12.4. The molecule has 2 aliphatic rings. The van der Waals surface area contributed by atoms with Crippen LogP contribution in [0.15, 0.2) is 52.7 Å². The number of hydrogen-bond acceptors (Lipinski definition) is 5. The zero-order valence-corrected chi connectivity index (χ0v) is 17.5. The molecule has 0 aromatic heterocycles. The molecule has 0 spiro atoms. The van der Waals surface area contributed by atoms with Gasteiger partial charge >= 0.3 is 0 Å². The van der Waals surface area contributed by atoms with Crippen molar-refractivity contribution >= 4 is 28.9 Å². The van der Waals surface area contributed by atoms with Gasteiger partial charge in [0.2, 0.25) is 5.91 Å². The molecule has 8 heteroatoms. The van der Waals surface area contributed by atoms with Gasteiger partial charge in [0.25, 0.3) is 0 Å². The summed E-state index contributed by atoms with van der Waals surface area (Å²) in [5, 5.41) is 11.9. The molecule has 1 amide bonds. The molecular formula is C23H26N4O4. The number of hydrogen-bond donors (Lipinski definition) is 3. The number of rotatable bonds is 7. The van der Waals surface area contributed by atoms with E-state index in [1.807, 2.05) is 43.3 Å². The molecule has 5 N–H and O–H groups in total. The number of aliphatic imine (C=N–C) groups is 1. The summed E-state index contributed by atoms with van der Waals surface area (Å²) in [4.78, 5) is 29.8. The van der Waals surface area contributed by atoms with Crippen LogP contribution in [-0.4, -0.2) is 46.9 Å². The molecule has 1 saturated heterocycles. The van der Waals surface area contributed by atoms with Gasteiger partial charge in [-0.15, -0.1) is 0 Å². The van der Waals surface area contributed by atoms with Gasteiger partial charge in [0.05, 0.1) is 30.3 Å². The number of fused-ring (bicyclic) bond motifs is 2. The zero-order valence-electron chi connectivity index (χ0n) is 17.5. The van der Waals surface area contributed by atoms with Gasteiger partial charge in [0.15, 0.2) is 12.2 Å². The third-order valence-corrected chi connectivity index (χ3v) is 6.26. The average Bonchev–Trinajstić information content (AvgIpc) is 2.97. The van der Waals surface area contributed by atoms with Crippen LogP contribution in [0.4, 0.5) is 0 Å². The Hall–Kier alpha value is -3.39. The Labute approximate surface area is 180 Å². The summed E-state index contributed by atoms with van der Waals surface area (Å²) >= 11 is 0. The maximum Gasteiger partial charge on any atom is 0.235 e. The number of aliphatic hydroxyl groups excluding tert-OH is 1. The molecule has 4 rings (SSSR count). The van der Waals surface area contributed by atoms with E-state index < -0.39 is 12.0 Å². The first-order chi connectivity index (χ1) is 14.8. The van der Waals surface area contributed by atoms with E-state index in [-0.39, 0.29) is 30.4 Å². The van der Waals surface area contributed by atoms with Gasteiger partial charge in [-0.2, -0.15) is 0 Å². The predicted octanol–water partition coefficient (Wildman–Crippen LogP) is 1.30. The summed E-state index contributed by atoms with van der Waals surface area (Å²) in [5.41, 5.74) is 13.0. The van der Waals surface area contributed by atoms with Crippen LogP contribution in [0, 0.1) is 11.8 Å². The van der Waals surface area contributed by atoms with Gasteiger partial charge in [-0.05, 0) is 29.5 Å². The van der Waals surface area contributed by atoms with Gasteiger partial charge in [-0.1, -0.05) is 37.3 Å². The molecule has 1 fully saturated rings. The summed E-state index contributed by atoms with van der Waals surface area (Å²) in [7, 11) is 0. The first-order valence-corrected chi connectivity index (χ1v) is 10.2. The van der Waals surface area contributed by atoms with Crippen molar-refractivity contribution in [2.24, 2.45) is 28.3 Å². The van der Waals surface area contributed by atoms with E-state index in [0.29, 0.717) is 24.3 Å². The molecule has 2 aromatic rings. The Balaban J connectivity index is 1.61. The molecule has 8 nitrogen and oxygen atoms in total. The van der Waals surface area contributed by atoms with Crippen LogP contribution in [-0.2, 0) is 16.1 Å². The fourth-order valence-corrected chi connectivity index (χ4v) is 4.71. The van der Waals surface area contributed by atoms with Gasteiger partial charge < -0.3 is 26.2 Å². The highest BCUT2D eigenvalue weighted by atomic mass is 16.5. The number of aliphatic hydroxyl groups is 1. The largest absolute Gasteiger partial charge is 0.489 e. The van der Waals surface area contributed by atoms with Crippen LogP contribution in [0.3, 0.4) is 0 Å². The lowest BCUT2D eigenvalue weighted by atomic mass is 9.78. The second-order valence-electron chi connectivity index (χ2n) is 8.08. The number of nitrogens with two attached hydrogens (primary N) is 2. The maximum absolute atomic E-state index is 12.4. The van der Waals surface area contributed by atoms with Crippen molar-refractivity contribution < 1.29 is 19.4 Å². The van der Waals surface area contributed by atoms with Gasteiger partial charge in [-0.3, -0.25) is 9.59 Å². The van der Waals surface area contributed by atoms with E-state index in [0.717, 1.165) is 21.9 Å². The van der Waals surface area contributed by atoms with Crippen molar-refractivity contribution in [3.63, 3.8) is 0 Å². The highest BCUT2D eigenvalue weighted by Gasteiger charge is 2.58. The molecule has 0 unspecified atom stereocenters. The molecule has 2 aromatic carbocycles. The molecule has 2 aliphatic heterocycles. The summed E-state index contributed by atoms with van der Waals surface area (Å²) in [6.07, 6.45) is -0.0482. The van der Waals surface area contributed by atoms with Crippen molar-refractivity contribution in [1.82, 2.24) is 4.90 Å². The van der Waals surface area contributed by atoms with E-state index in [4.69, 9.17) is 16.2 Å². The average molecular weight is 422 g/mol. The van der Waals surface area contributed by atoms with Crippen LogP contribution >= 0.6 is 0 Å². The van der Waals surface area contributed by atoms with Gasteiger partial charge in [-0.25, -0.2) is 4.99 Å². The SMILES string of the molecule is C[C@@H](O)[C@H]1C(=O)N2C(C=O)=C(COc3cccc4c(CN=C(N)N)cccc34)[C@H](C)[C@H]12. The lowest BCUT2D eigenvalue weighted by Gasteiger charge is -2.46. The number of ether oxygens (including phenoxy) is 1. The first-order valence-electron chi connectivity index (χ1n) is 10.2. The van der Waals surface area contributed by atoms with Crippen LogP contribution in [0.5, 0.6) is 5.75 Å². The van der Waals surface area contributed by atoms with Crippen molar-refractivity contribution in [1.29, 1.82) is 0 Å². The quantitative estimate of drug-likeness (QED) is 0.267. The summed E-state index contributed by atoms with van der Waals surface area (Å²) in [6, 6.07) is 11.4. The van der Waals surface area contributed by atoms with Crippen molar-refractivity contribution in [3.8, 4) is 5.75 Å². The Bertz CT molecular complexity index is 1100. The molecule has 0 radical (unpaired) electrons. The van der Waals surface area contributed by atoms with E-state index in [2.05, 4.69) is 4.99 Å². The first kappa shape index (κ1) is 20.9. The number of carbonyl (C=O) groups excluding carboxylic acids is 2. The van der Waals surface area contributed by atoms with Crippen LogP contribution < -0.4 is 16.2 Å². The Morgan fingerprint density at radius 1 is 1.26 bits per heavy atom. The van der Waals surface area contributed by atoms with E-state index in [9.17, 15) is 14.7 Å². The zero-order chi connectivity index (χ0) is 22.3. The third kappa shape index (κ3) is 3.42. The van der Waals surface area contributed by atoms with Crippen molar-refractivity contribution in [2.75, 3.05) is 6.61 Å². The normalized spacial score (nSPS) is 23.4. The Kier molecular flexibility index (Phi) is 5.41. The molecule has 2 heterocycles. The number of aldehydes is 1. The number of guanidine groups is 1. The van der Waals surface area contributed by atoms with Crippen LogP contribution in [0.25, 0.3) is 10.8 Å². The van der Waals surface area contributed by atoms with Crippen molar-refractivity contribution in [3.05, 3.63) is 53.2 Å². The predicted molar refractivity (Wildman–Crippen MR) is 117 cm³/mol. The minimum absolute atomic E-state index is 0.0302. The molecule has 0 aliphatic carbocycles. The Morgan fingerprint density at radius 3 is 2.65 bits per heavy atom. The highest BCUT2D eigenvalue weighted by molar-refractivity contribution is 5.96. The number of benzene rings is 2. The summed E-state index contributed by atoms with van der Waals surface area (Å²) in [6.45, 7) is 4.11. The lowest BCUT2D eigenvalue weighted by Crippen LogP contribution is -2.63. The van der Waals surface area contributed by atoms with E-state index in [1.54, 1.807) is 6.92 Å². The van der Waals surface area contributed by atoms with Crippen molar-refractivity contribution in [2.45, 2.75) is 32.5 Å². The minimum atomic E-state index is -0.758. The smallest absolute Gasteiger partial charge is 0.235 e. The highest BCUT2D eigenvalue weighted by Crippen LogP contribution is 2.46. The monoisotopic (exact) mass is 422 g/mol. The van der Waals surface area contributed by atoms with E-state index >= 15 is 0 Å². The molecule has 0 saturated carbocycles. The van der Waals surface area contributed by atoms with Crippen LogP contribution in [0.1, 0.15) is 19.4 Å². The number of β-lactam (4-membered cyclic amide) rings is 1. The second-order valence-corrected chi connectivity index (χ2v) is 8.08. The molecule has 31 heavy (non-hydrogen) atoms. The fraction of sp³-hybridized carbons (Fsp3) is 0.348. The molecule has 4 atom stereocenters. The number of amides is 1. The second kappa shape index (κ2) is 8.03. The minimum Gasteiger partial charge on any atom is -0.489 e. The van der Waals surface area contributed by atoms with Gasteiger partial charge in [0, 0.05) is 11.3 Å². The summed E-state index contributed by atoms with van der Waals surface area (Å²) in [5.74, 6) is -0.0780. The Morgan fingerprint density at radius 2 is 1.97 bits per heavy atom. The number of carbonyl (C=O) groups is 2. The number of nitrogens with zero attached hydrogens (tertiary/aromatic N) is 2. The lowest BCUT2D eigenvalue weighted by molar-refractivity contribution is -0.160. The molecular weight excluding hydrogens is 396 g/mol. The number of allylic oxidation sites excluding steroid dienone is 1. The molecule has 162 valence electrons. The fourth-order valence-electron chi connectivity index (χ4n) is 4.71. The molecule has 0 bridgehead atoms. The topological polar surface area (TPSA) is 131 Å². The van der Waals surface area contributed by atoms with Crippen LogP contribution in [0.2, 0.25) is 0 Å². The standard InChI is InChI=1S/C23H26N4O4/c1-12-17(18(10-28)27-21(12)20(13(2)29)22(27)30)11-31-19-8-4-6-15-14(9-26-23(24)25)5-3-7-16(15)19/h3-8,10,12-13,20-21,29H,9,11H2,1-2H3,(H4,24,25,26)/t12-,13+,20+,21+/m0/s1.